The lowest BCUT2D eigenvalue weighted by molar-refractivity contribution is -0.404. The molecule has 44 atom stereocenters. The van der Waals surface area contributed by atoms with Gasteiger partial charge in [0.05, 0.1) is 76.8 Å². The first kappa shape index (κ1) is 75.3. The molecule has 8 aliphatic heterocycles. The minimum Gasteiger partial charge on any atom is -0.394 e. The summed E-state index contributed by atoms with van der Waals surface area (Å²) in [6.07, 6.45) is -52.9. The second-order valence-corrected chi connectivity index (χ2v) is 29.9. The molecule has 0 aromatic heterocycles. The van der Waals surface area contributed by atoms with Gasteiger partial charge in [0.25, 0.3) is 0 Å². The van der Waals surface area contributed by atoms with Crippen molar-refractivity contribution in [2.75, 3.05) is 46.2 Å². The third-order valence-electron chi connectivity index (χ3n) is 24.4. The lowest BCUT2D eigenvalue weighted by Crippen LogP contribution is -2.68. The molecule has 35 heteroatoms. The molecule has 0 aromatic carbocycles. The summed E-state index contributed by atoms with van der Waals surface area (Å²) >= 11 is 0. The molecule has 97 heavy (non-hydrogen) atoms. The highest BCUT2D eigenvalue weighted by atomic mass is 16.8. The number of aliphatic hydroxyl groups excluding tert-OH is 21. The van der Waals surface area contributed by atoms with Crippen molar-refractivity contribution >= 4 is 0 Å². The molecule has 8 heterocycles. The molecule has 4 saturated carbocycles. The first-order valence-corrected chi connectivity index (χ1v) is 34.0. The quantitative estimate of drug-likeness (QED) is 0.0601. The average molecular weight is 1410 g/mol. The van der Waals surface area contributed by atoms with Crippen molar-refractivity contribution < 1.29 is 174 Å². The highest BCUT2D eigenvalue weighted by Crippen LogP contribution is 2.72. The molecule has 8 saturated heterocycles. The van der Waals surface area contributed by atoms with E-state index < -0.39 is 259 Å². The number of ether oxygens (including phenoxy) is 14. The Kier molecular flexibility index (Phi) is 22.9. The maximum atomic E-state index is 12.4. The molecule has 12 aliphatic rings. The van der Waals surface area contributed by atoms with Crippen molar-refractivity contribution in [2.45, 2.75) is 287 Å². The number of rotatable bonds is 17. The molecular weight excluding hydrogens is 1300 g/mol. The standard InChI is InChI=1S/C62H102O35/c1-19-17-85-62(11-30(19)87-58-52(44(78)40(74)33(14-65)90-58)95-56-47(81)42(76)38(72)31(12-63)88-56)20(2)36-29(97-62)8-23-21-7-25(68)24-9-28(26(69)10-61(24,4)22(21)5-6-60(23,36)3)86-55-49(83)45(79)50(35(16-67)92-55)93-59-53(96-57-48(82)43(77)39(73)32(13-64)89-57)51(41(75)34(15-66)91-59)94-54-46(80)37(71)27(70)18-84-54/h19-59,63-83H,5-18H2,1-4H3/t19-,20+,21-,22+,23+,24-,25-,26-,27-,28-,29+,30+,31-,32-,33-,34-,35-,36+,37+,38-,39-,40-,41-,42+,43+,44+,45-,46-,47-,48-,49-,50+,51+,52-,53-,54+,55-,56+,57+,58-,59+,60+,61-,62-/m1/s1. The molecule has 0 amide bonds. The van der Waals surface area contributed by atoms with Crippen LogP contribution in [0.2, 0.25) is 0 Å². The summed E-state index contributed by atoms with van der Waals surface area (Å²) in [5.41, 5.74) is -0.950. The lowest BCUT2D eigenvalue weighted by Gasteiger charge is -2.63. The summed E-state index contributed by atoms with van der Waals surface area (Å²) in [4.78, 5) is 0. The predicted molar refractivity (Wildman–Crippen MR) is 312 cm³/mol. The monoisotopic (exact) mass is 1410 g/mol. The fourth-order valence-electron chi connectivity index (χ4n) is 19.0. The van der Waals surface area contributed by atoms with E-state index in [2.05, 4.69) is 20.8 Å². The number of hydrogen-bond acceptors (Lipinski definition) is 35. The van der Waals surface area contributed by atoms with Gasteiger partial charge in [0, 0.05) is 18.3 Å². The molecule has 0 aromatic rings. The van der Waals surface area contributed by atoms with Crippen molar-refractivity contribution in [3.8, 4) is 0 Å². The average Bonchev–Trinajstić information content (AvgIpc) is 1.56. The Labute approximate surface area is 557 Å². The van der Waals surface area contributed by atoms with Gasteiger partial charge >= 0.3 is 0 Å². The lowest BCUT2D eigenvalue weighted by atomic mass is 9.43. The summed E-state index contributed by atoms with van der Waals surface area (Å²) in [7, 11) is 0. The highest BCUT2D eigenvalue weighted by Gasteiger charge is 2.71. The van der Waals surface area contributed by atoms with Crippen molar-refractivity contribution in [2.24, 2.45) is 52.3 Å². The maximum Gasteiger partial charge on any atom is 0.187 e. The zero-order chi connectivity index (χ0) is 70.0. The minimum atomic E-state index is -2.08. The molecule has 0 bridgehead atoms. The van der Waals surface area contributed by atoms with Gasteiger partial charge in [-0.15, -0.1) is 0 Å². The molecular formula is C62H102O35. The molecule has 0 radical (unpaired) electrons. The fraction of sp³-hybridized carbons (Fsp3) is 1.00. The van der Waals surface area contributed by atoms with Crippen LogP contribution in [0, 0.1) is 52.3 Å². The van der Waals surface area contributed by atoms with Crippen LogP contribution in [-0.2, 0) is 66.3 Å². The normalized spacial score (nSPS) is 57.9. The summed E-state index contributed by atoms with van der Waals surface area (Å²) in [6, 6.07) is 0. The zero-order valence-electron chi connectivity index (χ0n) is 54.2. The van der Waals surface area contributed by atoms with Gasteiger partial charge < -0.3 is 174 Å². The van der Waals surface area contributed by atoms with Gasteiger partial charge in [0.15, 0.2) is 43.5 Å². The minimum absolute atomic E-state index is 0.00571. The predicted octanol–water partition coefficient (Wildman–Crippen LogP) is -9.71. The Morgan fingerprint density at radius 2 is 0.866 bits per heavy atom. The molecule has 35 nitrogen and oxygen atoms in total. The van der Waals surface area contributed by atoms with E-state index in [1.165, 1.54) is 0 Å². The Hall–Kier alpha value is -1.40. The van der Waals surface area contributed by atoms with E-state index in [1.54, 1.807) is 0 Å². The summed E-state index contributed by atoms with van der Waals surface area (Å²) in [5, 5.41) is 229. The first-order valence-electron chi connectivity index (χ1n) is 34.0. The summed E-state index contributed by atoms with van der Waals surface area (Å²) < 4.78 is 85.6. The van der Waals surface area contributed by atoms with Crippen LogP contribution in [0.3, 0.4) is 0 Å². The van der Waals surface area contributed by atoms with Crippen molar-refractivity contribution in [3.05, 3.63) is 0 Å². The van der Waals surface area contributed by atoms with E-state index in [1.807, 2.05) is 6.92 Å². The van der Waals surface area contributed by atoms with Gasteiger partial charge in [-0.05, 0) is 78.9 Å². The third-order valence-corrected chi connectivity index (χ3v) is 24.4. The molecule has 4 aliphatic carbocycles. The van der Waals surface area contributed by atoms with Crippen LogP contribution >= 0.6 is 0 Å². The highest BCUT2D eigenvalue weighted by molar-refractivity contribution is 5.18. The van der Waals surface area contributed by atoms with Crippen LogP contribution in [0.15, 0.2) is 0 Å². The topological polar surface area (TPSA) is 554 Å². The third kappa shape index (κ3) is 13.3. The second kappa shape index (κ2) is 29.5. The van der Waals surface area contributed by atoms with E-state index >= 15 is 0 Å². The van der Waals surface area contributed by atoms with E-state index in [-0.39, 0.29) is 72.9 Å². The van der Waals surface area contributed by atoms with Gasteiger partial charge in [-0.25, -0.2) is 0 Å². The SMILES string of the molecule is C[C@@H]1CO[C@]2(C[C@@H]1O[C@@H]1O[C@H](CO)[C@@H](O)[C@H](O)[C@H]1O[C@@H]1O[C@H](CO)[C@@H](O)[C@H](O)[C@H]1O)O[C@H]1C[C@H]3[C@@H]4C[C@@H](O)[C@H]5C[C@@H](O[C@@H]6O[C@H](CO)[C@H](O[C@@H]7O[C@H](CO)[C@@H](O)[C@H](O[C@@H]8OC[C@@H](O)[C@H](O)[C@H]8O)[C@H]7O[C@@H]7O[C@H](CO)[C@@H](O)[C@H](O)[C@H]7O)[C@H](O)[C@H]6O)[C@H](O)C[C@]5(C)[C@H]4CC[C@]3(C)[C@H]1[C@@H]2C. The molecule has 21 N–H and O–H groups in total. The Balaban J connectivity index is 0.705. The first-order chi connectivity index (χ1) is 46.0. The summed E-state index contributed by atoms with van der Waals surface area (Å²) in [5.74, 6) is -2.07. The van der Waals surface area contributed by atoms with Crippen LogP contribution in [0.4, 0.5) is 0 Å². The van der Waals surface area contributed by atoms with E-state index in [9.17, 15) is 107 Å². The molecule has 0 unspecified atom stereocenters. The van der Waals surface area contributed by atoms with Crippen LogP contribution in [0.25, 0.3) is 0 Å². The van der Waals surface area contributed by atoms with Crippen molar-refractivity contribution in [1.29, 1.82) is 0 Å². The van der Waals surface area contributed by atoms with Crippen molar-refractivity contribution in [3.63, 3.8) is 0 Å². The Morgan fingerprint density at radius 1 is 0.381 bits per heavy atom. The molecule has 1 spiro atoms. The van der Waals surface area contributed by atoms with Crippen LogP contribution < -0.4 is 0 Å². The Morgan fingerprint density at radius 3 is 1.47 bits per heavy atom. The maximum absolute atomic E-state index is 12.4. The van der Waals surface area contributed by atoms with Gasteiger partial charge in [-0.3, -0.25) is 0 Å². The smallest absolute Gasteiger partial charge is 0.187 e. The molecule has 560 valence electrons. The van der Waals surface area contributed by atoms with Gasteiger partial charge in [0.2, 0.25) is 0 Å². The van der Waals surface area contributed by atoms with E-state index in [4.69, 9.17) is 66.3 Å². The van der Waals surface area contributed by atoms with Crippen molar-refractivity contribution in [1.82, 2.24) is 0 Å². The largest absolute Gasteiger partial charge is 0.394 e. The summed E-state index contributed by atoms with van der Waals surface area (Å²) in [6.45, 7) is 3.67. The van der Waals surface area contributed by atoms with E-state index in [0.29, 0.717) is 12.8 Å². The van der Waals surface area contributed by atoms with Crippen LogP contribution in [0.5, 0.6) is 0 Å². The fourth-order valence-corrected chi connectivity index (χ4v) is 19.0. The molecule has 12 fully saturated rings. The van der Waals surface area contributed by atoms with E-state index in [0.717, 1.165) is 12.8 Å². The number of hydrogen-bond donors (Lipinski definition) is 21. The second-order valence-electron chi connectivity index (χ2n) is 29.9. The Bertz CT molecular complexity index is 2590. The van der Waals surface area contributed by atoms with Gasteiger partial charge in [-0.2, -0.15) is 0 Å². The zero-order valence-corrected chi connectivity index (χ0v) is 54.2. The van der Waals surface area contributed by atoms with Crippen LogP contribution in [-0.4, -0.2) is 368 Å². The van der Waals surface area contributed by atoms with Crippen LogP contribution in [0.1, 0.15) is 72.6 Å². The number of fused-ring (bicyclic) bond motifs is 7. The molecule has 12 rings (SSSR count). The van der Waals surface area contributed by atoms with Gasteiger partial charge in [0.1, 0.15) is 140 Å². The number of aliphatic hydroxyl groups is 21. The van der Waals surface area contributed by atoms with Gasteiger partial charge in [-0.1, -0.05) is 27.7 Å².